The van der Waals surface area contributed by atoms with Gasteiger partial charge in [0.15, 0.2) is 0 Å². The summed E-state index contributed by atoms with van der Waals surface area (Å²) in [6.07, 6.45) is 6.36. The van der Waals surface area contributed by atoms with Crippen molar-refractivity contribution in [2.45, 2.75) is 38.1 Å². The first kappa shape index (κ1) is 8.07. The van der Waals surface area contributed by atoms with Crippen molar-refractivity contribution in [1.29, 1.82) is 5.26 Å². The molecule has 0 aromatic heterocycles. The smallest absolute Gasteiger partial charge is 0.0635 e. The second-order valence-electron chi connectivity index (χ2n) is 4.08. The Hall–Kier alpha value is -0.550. The largest absolute Gasteiger partial charge is 0.299 e. The van der Waals surface area contributed by atoms with Gasteiger partial charge in [0.05, 0.1) is 6.07 Å². The molecule has 1 aliphatic carbocycles. The van der Waals surface area contributed by atoms with Gasteiger partial charge in [0.25, 0.3) is 0 Å². The fraction of sp³-hybridized carbons (Fsp3) is 0.900. The van der Waals surface area contributed by atoms with E-state index in [1.807, 2.05) is 0 Å². The van der Waals surface area contributed by atoms with E-state index in [4.69, 9.17) is 5.26 Å². The number of hydrogen-bond acceptors (Lipinski definition) is 2. The van der Waals surface area contributed by atoms with E-state index in [1.165, 1.54) is 32.2 Å². The van der Waals surface area contributed by atoms with Gasteiger partial charge in [-0.2, -0.15) is 5.26 Å². The fourth-order valence-electron chi connectivity index (χ4n) is 2.64. The average molecular weight is 164 g/mol. The molecule has 3 rings (SSSR count). The van der Waals surface area contributed by atoms with Crippen molar-refractivity contribution in [1.82, 2.24) is 4.90 Å². The highest BCUT2D eigenvalue weighted by molar-refractivity contribution is 4.89. The summed E-state index contributed by atoms with van der Waals surface area (Å²) in [5, 5.41) is 8.49. The van der Waals surface area contributed by atoms with Crippen LogP contribution in [0.5, 0.6) is 0 Å². The second-order valence-corrected chi connectivity index (χ2v) is 4.08. The second kappa shape index (κ2) is 3.45. The van der Waals surface area contributed by atoms with Crippen molar-refractivity contribution < 1.29 is 0 Å². The third-order valence-corrected chi connectivity index (χ3v) is 3.34. The lowest BCUT2D eigenvalue weighted by molar-refractivity contribution is 0.0510. The molecule has 2 nitrogen and oxygen atoms in total. The first-order chi connectivity index (χ1) is 5.90. The van der Waals surface area contributed by atoms with Gasteiger partial charge in [-0.25, -0.2) is 0 Å². The van der Waals surface area contributed by atoms with Crippen LogP contribution in [-0.2, 0) is 0 Å². The lowest BCUT2D eigenvalue weighted by atomic mass is 9.80. The quantitative estimate of drug-likeness (QED) is 0.622. The van der Waals surface area contributed by atoms with Crippen LogP contribution in [0.25, 0.3) is 0 Å². The first-order valence-electron chi connectivity index (χ1n) is 5.01. The van der Waals surface area contributed by atoms with E-state index in [9.17, 15) is 0 Å². The Bertz CT molecular complexity index is 187. The van der Waals surface area contributed by atoms with Crippen LogP contribution in [0.3, 0.4) is 0 Å². The van der Waals surface area contributed by atoms with Gasteiger partial charge in [0.2, 0.25) is 0 Å². The predicted octanol–water partition coefficient (Wildman–Crippen LogP) is 1.77. The zero-order valence-corrected chi connectivity index (χ0v) is 7.50. The number of nitrogens with zero attached hydrogens (tertiary/aromatic N) is 2. The summed E-state index contributed by atoms with van der Waals surface area (Å²) < 4.78 is 0. The van der Waals surface area contributed by atoms with Crippen molar-refractivity contribution >= 4 is 0 Å². The third kappa shape index (κ3) is 1.47. The van der Waals surface area contributed by atoms with E-state index in [2.05, 4.69) is 11.0 Å². The molecule has 12 heavy (non-hydrogen) atoms. The zero-order chi connectivity index (χ0) is 8.39. The van der Waals surface area contributed by atoms with E-state index >= 15 is 0 Å². The minimum Gasteiger partial charge on any atom is -0.299 e. The Morgan fingerprint density at radius 1 is 1.25 bits per heavy atom. The maximum absolute atomic E-state index is 8.49. The highest BCUT2D eigenvalue weighted by Crippen LogP contribution is 2.34. The van der Waals surface area contributed by atoms with E-state index in [0.717, 1.165) is 18.5 Å². The van der Waals surface area contributed by atoms with Crippen molar-refractivity contribution in [3.8, 4) is 6.07 Å². The molecule has 0 atom stereocenters. The highest BCUT2D eigenvalue weighted by Gasteiger charge is 2.32. The minimum atomic E-state index is 0.712. The normalized spacial score (nSPS) is 34.9. The van der Waals surface area contributed by atoms with Gasteiger partial charge in [-0.15, -0.1) is 0 Å². The van der Waals surface area contributed by atoms with E-state index in [0.29, 0.717) is 6.42 Å². The number of fused-ring (bicyclic) bond motifs is 3. The van der Waals surface area contributed by atoms with Crippen LogP contribution in [0.15, 0.2) is 0 Å². The Balaban J connectivity index is 1.87. The topological polar surface area (TPSA) is 27.0 Å². The van der Waals surface area contributed by atoms with Gasteiger partial charge in [-0.05, 0) is 31.6 Å². The van der Waals surface area contributed by atoms with Crippen molar-refractivity contribution in [3.05, 3.63) is 0 Å². The summed E-state index contributed by atoms with van der Waals surface area (Å²) in [4.78, 5) is 2.53. The van der Waals surface area contributed by atoms with Gasteiger partial charge in [-0.3, -0.25) is 4.90 Å². The molecule has 0 amide bonds. The monoisotopic (exact) mass is 164 g/mol. The molecule has 2 heteroatoms. The molecule has 3 fully saturated rings. The summed E-state index contributed by atoms with van der Waals surface area (Å²) in [5.74, 6) is 0.952. The maximum atomic E-state index is 8.49. The van der Waals surface area contributed by atoms with Gasteiger partial charge in [-0.1, -0.05) is 0 Å². The summed E-state index contributed by atoms with van der Waals surface area (Å²) >= 11 is 0. The first-order valence-corrected chi connectivity index (χ1v) is 5.01. The number of nitriles is 1. The van der Waals surface area contributed by atoms with Crippen LogP contribution in [0.1, 0.15) is 32.1 Å². The number of rotatable bonds is 2. The molecule has 66 valence electrons. The Morgan fingerprint density at radius 3 is 2.50 bits per heavy atom. The van der Waals surface area contributed by atoms with Gasteiger partial charge < -0.3 is 0 Å². The lowest BCUT2D eigenvalue weighted by Crippen LogP contribution is -2.48. The molecular formula is C10H16N2. The molecule has 0 unspecified atom stereocenters. The van der Waals surface area contributed by atoms with Crippen LogP contribution in [0, 0.1) is 17.2 Å². The fourth-order valence-corrected chi connectivity index (χ4v) is 2.64. The van der Waals surface area contributed by atoms with E-state index in [1.54, 1.807) is 0 Å². The molecule has 3 aliphatic rings. The van der Waals surface area contributed by atoms with Crippen LogP contribution in [-0.4, -0.2) is 24.0 Å². The van der Waals surface area contributed by atoms with E-state index in [-0.39, 0.29) is 0 Å². The number of hydrogen-bond donors (Lipinski definition) is 0. The van der Waals surface area contributed by atoms with Crippen molar-refractivity contribution in [3.63, 3.8) is 0 Å². The van der Waals surface area contributed by atoms with Gasteiger partial charge in [0, 0.05) is 25.6 Å². The molecule has 1 saturated carbocycles. The molecule has 0 radical (unpaired) electrons. The van der Waals surface area contributed by atoms with Gasteiger partial charge >= 0.3 is 0 Å². The summed E-state index contributed by atoms with van der Waals surface area (Å²) in [6, 6.07) is 3.06. The van der Waals surface area contributed by atoms with Crippen LogP contribution in [0.2, 0.25) is 0 Å². The third-order valence-electron chi connectivity index (χ3n) is 3.34. The van der Waals surface area contributed by atoms with Crippen molar-refractivity contribution in [2.75, 3.05) is 13.1 Å². The lowest BCUT2D eigenvalue weighted by Gasteiger charge is -2.45. The van der Waals surface area contributed by atoms with Crippen LogP contribution < -0.4 is 0 Å². The summed E-state index contributed by atoms with van der Waals surface area (Å²) in [7, 11) is 0. The van der Waals surface area contributed by atoms with Crippen LogP contribution >= 0.6 is 0 Å². The molecular weight excluding hydrogens is 148 g/mol. The van der Waals surface area contributed by atoms with E-state index < -0.39 is 0 Å². The molecule has 0 spiro atoms. The molecule has 2 heterocycles. The van der Waals surface area contributed by atoms with Gasteiger partial charge in [0.1, 0.15) is 0 Å². The highest BCUT2D eigenvalue weighted by atomic mass is 15.2. The average Bonchev–Trinajstić information content (AvgIpc) is 2.17. The Labute approximate surface area is 74.2 Å². The zero-order valence-electron chi connectivity index (χ0n) is 7.50. The standard InChI is InChI=1S/C10H16N2/c11-6-1-7-12-8-9-2-4-10(12)5-3-9/h9-10H,1-5,7-8H2. The summed E-state index contributed by atoms with van der Waals surface area (Å²) in [6.45, 7) is 2.28. The van der Waals surface area contributed by atoms with Crippen molar-refractivity contribution in [2.24, 2.45) is 5.92 Å². The molecule has 2 aliphatic heterocycles. The van der Waals surface area contributed by atoms with Crippen LogP contribution in [0.4, 0.5) is 0 Å². The molecule has 0 N–H and O–H groups in total. The minimum absolute atomic E-state index is 0.712. The predicted molar refractivity (Wildman–Crippen MR) is 47.5 cm³/mol. The SMILES string of the molecule is N#CCCN1CC2CCC1CC2. The molecule has 2 bridgehead atoms. The molecule has 0 aromatic carbocycles. The molecule has 2 saturated heterocycles. The number of piperidine rings is 2. The molecule has 0 aromatic rings. The maximum Gasteiger partial charge on any atom is 0.0635 e. The summed E-state index contributed by atoms with van der Waals surface area (Å²) in [5.41, 5.74) is 0. The Kier molecular flexibility index (Phi) is 2.32. The Morgan fingerprint density at radius 2 is 2.00 bits per heavy atom.